The van der Waals surface area contributed by atoms with Crippen molar-refractivity contribution in [3.8, 4) is 11.4 Å². The van der Waals surface area contributed by atoms with Crippen LogP contribution in [0.25, 0.3) is 33.3 Å². The number of anilines is 1. The van der Waals surface area contributed by atoms with Gasteiger partial charge in [0, 0.05) is 41.6 Å². The van der Waals surface area contributed by atoms with Crippen LogP contribution in [0.5, 0.6) is 0 Å². The Kier molecular flexibility index (Phi) is 4.77. The Morgan fingerprint density at radius 2 is 1.87 bits per heavy atom. The van der Waals surface area contributed by atoms with Gasteiger partial charge < -0.3 is 15.0 Å². The van der Waals surface area contributed by atoms with Gasteiger partial charge in [-0.3, -0.25) is 10.00 Å². The zero-order valence-corrected chi connectivity index (χ0v) is 17.3. The first-order chi connectivity index (χ1) is 15.3. The van der Waals surface area contributed by atoms with Crippen LogP contribution in [0.15, 0.2) is 30.9 Å². The molecule has 0 radical (unpaired) electrons. The standard InChI is InChI=1S/C22H26N8O/c1-6-18-17(11-14(1)20-25-13-26-29-20)19-21(23-12-24-22(19)28-18)27-15-2-4-16(5-3-15)30-7-9-31-10-8-30/h1,6,11-13,15-16H,2-5,7-10H2,(H,25,26,29)(H2,23,24,27,28). The number of aromatic amines is 2. The summed E-state index contributed by atoms with van der Waals surface area (Å²) in [6, 6.07) is 7.33. The molecule has 1 aromatic carbocycles. The molecule has 0 amide bonds. The number of nitrogens with one attached hydrogen (secondary N) is 3. The fourth-order valence-electron chi connectivity index (χ4n) is 5.05. The second-order valence-corrected chi connectivity index (χ2v) is 8.46. The molecule has 160 valence electrons. The number of H-pyrrole nitrogens is 2. The highest BCUT2D eigenvalue weighted by Gasteiger charge is 2.27. The number of hydrogen-bond donors (Lipinski definition) is 3. The van der Waals surface area contributed by atoms with E-state index >= 15 is 0 Å². The van der Waals surface area contributed by atoms with Gasteiger partial charge in [0.15, 0.2) is 5.82 Å². The normalized spacial score (nSPS) is 22.8. The second-order valence-electron chi connectivity index (χ2n) is 8.46. The number of nitrogens with zero attached hydrogens (tertiary/aromatic N) is 5. The van der Waals surface area contributed by atoms with Gasteiger partial charge in [-0.15, -0.1) is 0 Å². The van der Waals surface area contributed by atoms with Gasteiger partial charge in [-0.2, -0.15) is 5.10 Å². The molecule has 1 aliphatic heterocycles. The van der Waals surface area contributed by atoms with Crippen molar-refractivity contribution in [2.75, 3.05) is 31.6 Å². The van der Waals surface area contributed by atoms with Crippen molar-refractivity contribution >= 4 is 27.8 Å². The van der Waals surface area contributed by atoms with E-state index < -0.39 is 0 Å². The zero-order chi connectivity index (χ0) is 20.6. The van der Waals surface area contributed by atoms with Crippen LogP contribution in [0.4, 0.5) is 5.82 Å². The summed E-state index contributed by atoms with van der Waals surface area (Å²) in [5.41, 5.74) is 2.88. The number of fused-ring (bicyclic) bond motifs is 3. The molecule has 3 N–H and O–H groups in total. The summed E-state index contributed by atoms with van der Waals surface area (Å²) in [6.45, 7) is 3.87. The van der Waals surface area contributed by atoms with E-state index in [9.17, 15) is 0 Å². The highest BCUT2D eigenvalue weighted by molar-refractivity contribution is 6.12. The van der Waals surface area contributed by atoms with Crippen molar-refractivity contribution in [3.63, 3.8) is 0 Å². The first-order valence-corrected chi connectivity index (χ1v) is 11.1. The van der Waals surface area contributed by atoms with E-state index in [1.165, 1.54) is 19.2 Å². The lowest BCUT2D eigenvalue weighted by molar-refractivity contribution is 0.00791. The number of rotatable bonds is 4. The van der Waals surface area contributed by atoms with Crippen LogP contribution in [0.2, 0.25) is 0 Å². The zero-order valence-electron chi connectivity index (χ0n) is 17.3. The van der Waals surface area contributed by atoms with Crippen molar-refractivity contribution in [1.29, 1.82) is 0 Å². The Hall–Kier alpha value is -3.04. The minimum absolute atomic E-state index is 0.429. The summed E-state index contributed by atoms with van der Waals surface area (Å²) in [6.07, 6.45) is 7.90. The van der Waals surface area contributed by atoms with Crippen molar-refractivity contribution in [2.45, 2.75) is 37.8 Å². The van der Waals surface area contributed by atoms with Crippen molar-refractivity contribution in [3.05, 3.63) is 30.9 Å². The van der Waals surface area contributed by atoms with Crippen molar-refractivity contribution < 1.29 is 4.74 Å². The van der Waals surface area contributed by atoms with Gasteiger partial charge >= 0.3 is 0 Å². The van der Waals surface area contributed by atoms with Gasteiger partial charge in [-0.05, 0) is 43.9 Å². The monoisotopic (exact) mass is 418 g/mol. The molecule has 9 nitrogen and oxygen atoms in total. The van der Waals surface area contributed by atoms with Crippen LogP contribution < -0.4 is 5.32 Å². The van der Waals surface area contributed by atoms with Crippen LogP contribution in [-0.4, -0.2) is 73.4 Å². The average molecular weight is 419 g/mol. The lowest BCUT2D eigenvalue weighted by atomic mass is 9.90. The molecule has 4 heterocycles. The Morgan fingerprint density at radius 3 is 2.68 bits per heavy atom. The Morgan fingerprint density at radius 1 is 1.00 bits per heavy atom. The molecule has 2 aliphatic rings. The number of aromatic nitrogens is 6. The molecule has 0 spiro atoms. The summed E-state index contributed by atoms with van der Waals surface area (Å²) < 4.78 is 5.51. The van der Waals surface area contributed by atoms with E-state index in [4.69, 9.17) is 4.74 Å². The molecule has 2 fully saturated rings. The fourth-order valence-corrected chi connectivity index (χ4v) is 5.05. The SMILES string of the molecule is c1n[nH]c(-c2ccc3[nH]c4ncnc(NC5CCC(N6CCOCC6)CC5)c4c3c2)n1. The van der Waals surface area contributed by atoms with Crippen LogP contribution in [0.1, 0.15) is 25.7 Å². The van der Waals surface area contributed by atoms with E-state index in [-0.39, 0.29) is 0 Å². The molecule has 9 heteroatoms. The minimum Gasteiger partial charge on any atom is -0.379 e. The molecule has 1 aliphatic carbocycles. The summed E-state index contributed by atoms with van der Waals surface area (Å²) in [5.74, 6) is 1.66. The van der Waals surface area contributed by atoms with Gasteiger partial charge in [-0.25, -0.2) is 15.0 Å². The van der Waals surface area contributed by atoms with Crippen LogP contribution in [0.3, 0.4) is 0 Å². The molecule has 0 atom stereocenters. The Labute approximate surface area is 179 Å². The molecule has 31 heavy (non-hydrogen) atoms. The summed E-state index contributed by atoms with van der Waals surface area (Å²) >= 11 is 0. The minimum atomic E-state index is 0.429. The van der Waals surface area contributed by atoms with Gasteiger partial charge in [-0.1, -0.05) is 0 Å². The van der Waals surface area contributed by atoms with E-state index in [2.05, 4.69) is 52.5 Å². The van der Waals surface area contributed by atoms with E-state index in [0.29, 0.717) is 12.1 Å². The molecule has 3 aromatic heterocycles. The predicted octanol–water partition coefficient (Wildman–Crippen LogP) is 2.95. The molecule has 1 saturated carbocycles. The van der Waals surface area contributed by atoms with Gasteiger partial charge in [0.05, 0.1) is 18.6 Å². The Bertz CT molecular complexity index is 1170. The lowest BCUT2D eigenvalue weighted by Crippen LogP contribution is -2.46. The third-order valence-electron chi connectivity index (χ3n) is 6.68. The fraction of sp³-hybridized carbons (Fsp3) is 0.455. The maximum atomic E-state index is 5.51. The Balaban J connectivity index is 1.26. The second kappa shape index (κ2) is 7.90. The van der Waals surface area contributed by atoms with Crippen LogP contribution >= 0.6 is 0 Å². The molecule has 0 bridgehead atoms. The first kappa shape index (κ1) is 18.7. The summed E-state index contributed by atoms with van der Waals surface area (Å²) in [4.78, 5) is 19.4. The van der Waals surface area contributed by atoms with Crippen LogP contribution in [0, 0.1) is 0 Å². The first-order valence-electron chi connectivity index (χ1n) is 11.1. The number of morpholine rings is 1. The third-order valence-corrected chi connectivity index (χ3v) is 6.68. The van der Waals surface area contributed by atoms with E-state index in [1.807, 2.05) is 6.07 Å². The highest BCUT2D eigenvalue weighted by atomic mass is 16.5. The number of ether oxygens (including phenoxy) is 1. The van der Waals surface area contributed by atoms with Crippen molar-refractivity contribution in [1.82, 2.24) is 35.0 Å². The maximum absolute atomic E-state index is 5.51. The van der Waals surface area contributed by atoms with E-state index in [1.54, 1.807) is 6.33 Å². The number of benzene rings is 1. The number of hydrogen-bond acceptors (Lipinski definition) is 7. The molecule has 4 aromatic rings. The summed E-state index contributed by atoms with van der Waals surface area (Å²) in [5, 5.41) is 12.8. The smallest absolute Gasteiger partial charge is 0.155 e. The average Bonchev–Trinajstić information content (AvgIpc) is 3.48. The molecule has 1 saturated heterocycles. The topological polar surface area (TPSA) is 108 Å². The molecule has 0 unspecified atom stereocenters. The van der Waals surface area contributed by atoms with Gasteiger partial charge in [0.25, 0.3) is 0 Å². The van der Waals surface area contributed by atoms with Gasteiger partial charge in [0.1, 0.15) is 24.1 Å². The van der Waals surface area contributed by atoms with Gasteiger partial charge in [0.2, 0.25) is 0 Å². The largest absolute Gasteiger partial charge is 0.379 e. The maximum Gasteiger partial charge on any atom is 0.155 e. The predicted molar refractivity (Wildman–Crippen MR) is 119 cm³/mol. The summed E-state index contributed by atoms with van der Waals surface area (Å²) in [7, 11) is 0. The quantitative estimate of drug-likeness (QED) is 0.468. The third kappa shape index (κ3) is 3.53. The van der Waals surface area contributed by atoms with E-state index in [0.717, 1.165) is 78.3 Å². The van der Waals surface area contributed by atoms with Crippen molar-refractivity contribution in [2.24, 2.45) is 0 Å². The lowest BCUT2D eigenvalue weighted by Gasteiger charge is -2.39. The molecular formula is C22H26N8O. The highest BCUT2D eigenvalue weighted by Crippen LogP contribution is 2.33. The van der Waals surface area contributed by atoms with Crippen LogP contribution in [-0.2, 0) is 4.74 Å². The molecular weight excluding hydrogens is 392 g/mol. The molecule has 6 rings (SSSR count).